The Bertz CT molecular complexity index is 539. The fourth-order valence-electron chi connectivity index (χ4n) is 2.18. The van der Waals surface area contributed by atoms with Gasteiger partial charge in [0.05, 0.1) is 0 Å². The highest BCUT2D eigenvalue weighted by molar-refractivity contribution is 5.72. The lowest BCUT2D eigenvalue weighted by Gasteiger charge is -2.22. The van der Waals surface area contributed by atoms with Crippen LogP contribution in [0.3, 0.4) is 0 Å². The Kier molecular flexibility index (Phi) is 4.91. The van der Waals surface area contributed by atoms with Crippen molar-refractivity contribution in [3.8, 4) is 0 Å². The quantitative estimate of drug-likeness (QED) is 0.847. The molecule has 2 rings (SSSR count). The molecule has 2 unspecified atom stereocenters. The van der Waals surface area contributed by atoms with Crippen molar-refractivity contribution in [2.75, 3.05) is 0 Å². The molecule has 0 radical (unpaired) electrons. The highest BCUT2D eigenvalue weighted by Gasteiger charge is 2.18. The standard InChI is InChI=1S/C17H19NO2/c1-13(17(19)20)18-16(15-10-6-3-7-11-15)12-14-8-4-2-5-9-14/h2-11,13,16,18H,12H2,1H3,(H,19,20). The molecule has 3 heteroatoms. The number of aliphatic carboxylic acids is 1. The Morgan fingerprint density at radius 1 is 1.05 bits per heavy atom. The molecule has 2 aromatic rings. The third-order valence-electron chi connectivity index (χ3n) is 3.31. The fraction of sp³-hybridized carbons (Fsp3) is 0.235. The topological polar surface area (TPSA) is 49.3 Å². The molecule has 0 aliphatic heterocycles. The average Bonchev–Trinajstić information content (AvgIpc) is 2.48. The first-order chi connectivity index (χ1) is 9.66. The summed E-state index contributed by atoms with van der Waals surface area (Å²) in [6, 6.07) is 19.5. The van der Waals surface area contributed by atoms with Gasteiger partial charge in [-0.1, -0.05) is 60.7 Å². The maximum atomic E-state index is 11.1. The van der Waals surface area contributed by atoms with Crippen LogP contribution in [0.5, 0.6) is 0 Å². The molecule has 2 atom stereocenters. The van der Waals surface area contributed by atoms with Crippen LogP contribution < -0.4 is 5.32 Å². The molecule has 0 saturated carbocycles. The maximum absolute atomic E-state index is 11.1. The molecule has 2 N–H and O–H groups in total. The zero-order valence-electron chi connectivity index (χ0n) is 11.5. The summed E-state index contributed by atoms with van der Waals surface area (Å²) in [5.41, 5.74) is 2.29. The lowest BCUT2D eigenvalue weighted by Crippen LogP contribution is -2.37. The van der Waals surface area contributed by atoms with E-state index in [1.54, 1.807) is 6.92 Å². The summed E-state index contributed by atoms with van der Waals surface area (Å²) in [7, 11) is 0. The molecule has 0 saturated heterocycles. The molecule has 0 amide bonds. The minimum absolute atomic E-state index is 0.00954. The Labute approximate surface area is 119 Å². The highest BCUT2D eigenvalue weighted by atomic mass is 16.4. The molecule has 0 aliphatic rings. The van der Waals surface area contributed by atoms with Crippen LogP contribution in [0.4, 0.5) is 0 Å². The smallest absolute Gasteiger partial charge is 0.320 e. The van der Waals surface area contributed by atoms with Gasteiger partial charge in [0.2, 0.25) is 0 Å². The second kappa shape index (κ2) is 6.87. The van der Waals surface area contributed by atoms with E-state index in [9.17, 15) is 4.79 Å². The van der Waals surface area contributed by atoms with Gasteiger partial charge in [-0.15, -0.1) is 0 Å². The lowest BCUT2D eigenvalue weighted by atomic mass is 9.98. The highest BCUT2D eigenvalue weighted by Crippen LogP contribution is 2.19. The average molecular weight is 269 g/mol. The van der Waals surface area contributed by atoms with E-state index in [1.807, 2.05) is 48.5 Å². The van der Waals surface area contributed by atoms with E-state index in [-0.39, 0.29) is 6.04 Å². The van der Waals surface area contributed by atoms with E-state index in [0.717, 1.165) is 12.0 Å². The second-order valence-corrected chi connectivity index (χ2v) is 4.88. The van der Waals surface area contributed by atoms with Gasteiger partial charge >= 0.3 is 5.97 Å². The number of benzene rings is 2. The van der Waals surface area contributed by atoms with Crippen LogP contribution in [-0.4, -0.2) is 17.1 Å². The van der Waals surface area contributed by atoms with Crippen molar-refractivity contribution in [1.82, 2.24) is 5.32 Å². The van der Waals surface area contributed by atoms with Crippen molar-refractivity contribution in [3.05, 3.63) is 71.8 Å². The van der Waals surface area contributed by atoms with Gasteiger partial charge in [-0.3, -0.25) is 10.1 Å². The summed E-state index contributed by atoms with van der Waals surface area (Å²) >= 11 is 0. The van der Waals surface area contributed by atoms with E-state index in [2.05, 4.69) is 17.4 Å². The predicted octanol–water partition coefficient (Wildman–Crippen LogP) is 3.03. The summed E-state index contributed by atoms with van der Waals surface area (Å²) < 4.78 is 0. The van der Waals surface area contributed by atoms with Gasteiger partial charge in [0, 0.05) is 6.04 Å². The minimum Gasteiger partial charge on any atom is -0.480 e. The van der Waals surface area contributed by atoms with E-state index in [0.29, 0.717) is 0 Å². The van der Waals surface area contributed by atoms with E-state index >= 15 is 0 Å². The van der Waals surface area contributed by atoms with Crippen LogP contribution in [0, 0.1) is 0 Å². The Morgan fingerprint density at radius 3 is 2.15 bits per heavy atom. The van der Waals surface area contributed by atoms with Crippen LogP contribution in [-0.2, 0) is 11.2 Å². The number of carboxylic acid groups (broad SMARTS) is 1. The molecule has 104 valence electrons. The second-order valence-electron chi connectivity index (χ2n) is 4.88. The van der Waals surface area contributed by atoms with Crippen molar-refractivity contribution in [3.63, 3.8) is 0 Å². The van der Waals surface area contributed by atoms with Gasteiger partial charge in [-0.05, 0) is 24.5 Å². The van der Waals surface area contributed by atoms with Crippen LogP contribution in [0.15, 0.2) is 60.7 Å². The van der Waals surface area contributed by atoms with Gasteiger partial charge in [0.1, 0.15) is 6.04 Å². The molecule has 20 heavy (non-hydrogen) atoms. The van der Waals surface area contributed by atoms with Crippen LogP contribution in [0.1, 0.15) is 24.1 Å². The summed E-state index contributed by atoms with van der Waals surface area (Å²) in [6.45, 7) is 1.67. The first kappa shape index (κ1) is 14.3. The molecule has 0 bridgehead atoms. The molecule has 0 fully saturated rings. The zero-order valence-corrected chi connectivity index (χ0v) is 11.5. The van der Waals surface area contributed by atoms with Crippen LogP contribution in [0.25, 0.3) is 0 Å². The van der Waals surface area contributed by atoms with E-state index in [1.165, 1.54) is 5.56 Å². The fourth-order valence-corrected chi connectivity index (χ4v) is 2.18. The third kappa shape index (κ3) is 3.93. The molecule has 0 spiro atoms. The number of carboxylic acids is 1. The number of rotatable bonds is 6. The van der Waals surface area contributed by atoms with Gasteiger partial charge in [0.25, 0.3) is 0 Å². The molecular weight excluding hydrogens is 250 g/mol. The van der Waals surface area contributed by atoms with Gasteiger partial charge < -0.3 is 5.11 Å². The summed E-state index contributed by atoms with van der Waals surface area (Å²) in [4.78, 5) is 11.1. The SMILES string of the molecule is CC(NC(Cc1ccccc1)c1ccccc1)C(=O)O. The maximum Gasteiger partial charge on any atom is 0.320 e. The number of nitrogens with one attached hydrogen (secondary N) is 1. The van der Waals surface area contributed by atoms with Gasteiger partial charge in [-0.25, -0.2) is 0 Å². The minimum atomic E-state index is -0.834. The van der Waals surface area contributed by atoms with Crippen molar-refractivity contribution in [2.45, 2.75) is 25.4 Å². The molecule has 0 aliphatic carbocycles. The van der Waals surface area contributed by atoms with E-state index < -0.39 is 12.0 Å². The van der Waals surface area contributed by atoms with Crippen molar-refractivity contribution in [2.24, 2.45) is 0 Å². The lowest BCUT2D eigenvalue weighted by molar-refractivity contribution is -0.139. The van der Waals surface area contributed by atoms with E-state index in [4.69, 9.17) is 5.11 Å². The Balaban J connectivity index is 2.18. The molecule has 2 aromatic carbocycles. The Morgan fingerprint density at radius 2 is 1.60 bits per heavy atom. The first-order valence-electron chi connectivity index (χ1n) is 6.74. The van der Waals surface area contributed by atoms with Gasteiger partial charge in [0.15, 0.2) is 0 Å². The van der Waals surface area contributed by atoms with Crippen molar-refractivity contribution < 1.29 is 9.90 Å². The van der Waals surface area contributed by atoms with Crippen LogP contribution >= 0.6 is 0 Å². The van der Waals surface area contributed by atoms with Gasteiger partial charge in [-0.2, -0.15) is 0 Å². The number of hydrogen-bond donors (Lipinski definition) is 2. The molecule has 3 nitrogen and oxygen atoms in total. The predicted molar refractivity (Wildman–Crippen MR) is 79.6 cm³/mol. The monoisotopic (exact) mass is 269 g/mol. The third-order valence-corrected chi connectivity index (χ3v) is 3.31. The molecular formula is C17H19NO2. The normalized spacial score (nSPS) is 13.7. The summed E-state index contributed by atoms with van der Waals surface area (Å²) in [6.07, 6.45) is 0.766. The number of hydrogen-bond acceptors (Lipinski definition) is 2. The molecule has 0 aromatic heterocycles. The largest absolute Gasteiger partial charge is 0.480 e. The van der Waals surface area contributed by atoms with Crippen molar-refractivity contribution in [1.29, 1.82) is 0 Å². The summed E-state index contributed by atoms with van der Waals surface area (Å²) in [5, 5.41) is 12.3. The molecule has 0 heterocycles. The zero-order chi connectivity index (χ0) is 14.4. The first-order valence-corrected chi connectivity index (χ1v) is 6.74. The summed E-state index contributed by atoms with van der Waals surface area (Å²) in [5.74, 6) is -0.834. The van der Waals surface area contributed by atoms with Crippen molar-refractivity contribution >= 4 is 5.97 Å². The van der Waals surface area contributed by atoms with Crippen LogP contribution in [0.2, 0.25) is 0 Å². The Hall–Kier alpha value is -2.13. The number of carbonyl (C=O) groups is 1.